The fourth-order valence-electron chi connectivity index (χ4n) is 4.19. The summed E-state index contributed by atoms with van der Waals surface area (Å²) < 4.78 is 40.3. The Balaban J connectivity index is 2.06. The first-order valence-electron chi connectivity index (χ1n) is 12.8. The molecule has 0 aliphatic rings. The summed E-state index contributed by atoms with van der Waals surface area (Å²) in [4.78, 5) is 29.0. The third kappa shape index (κ3) is 8.64. The molecule has 1 N–H and O–H groups in total. The highest BCUT2D eigenvalue weighted by Gasteiger charge is 2.33. The minimum Gasteiger partial charge on any atom is -0.354 e. The molecule has 208 valence electrons. The molecule has 9 heteroatoms. The van der Waals surface area contributed by atoms with Gasteiger partial charge < -0.3 is 10.2 Å². The molecule has 7 nitrogen and oxygen atoms in total. The number of nitrogens with one attached hydrogen (secondary N) is 1. The van der Waals surface area contributed by atoms with Crippen molar-refractivity contribution >= 4 is 27.5 Å². The highest BCUT2D eigenvalue weighted by atomic mass is 32.2. The SMILES string of the molecule is Cc1ccccc1CN(C(=O)CN(c1cccc(F)c1)S(C)(=O)=O)[C@@H](Cc1ccccc1)C(=O)NCC(C)C. The van der Waals surface area contributed by atoms with E-state index in [2.05, 4.69) is 5.32 Å². The summed E-state index contributed by atoms with van der Waals surface area (Å²) in [5, 5.41) is 2.95. The van der Waals surface area contributed by atoms with E-state index >= 15 is 0 Å². The second-order valence-electron chi connectivity index (χ2n) is 10.0. The van der Waals surface area contributed by atoms with Crippen molar-refractivity contribution in [1.29, 1.82) is 0 Å². The minimum absolute atomic E-state index is 0.0329. The minimum atomic E-state index is -3.95. The number of anilines is 1. The van der Waals surface area contributed by atoms with E-state index in [1.807, 2.05) is 75.4 Å². The van der Waals surface area contributed by atoms with Gasteiger partial charge in [0, 0.05) is 19.5 Å². The van der Waals surface area contributed by atoms with E-state index < -0.39 is 34.3 Å². The Labute approximate surface area is 230 Å². The van der Waals surface area contributed by atoms with E-state index in [9.17, 15) is 22.4 Å². The first kappa shape index (κ1) is 29.8. The lowest BCUT2D eigenvalue weighted by Gasteiger charge is -2.34. The van der Waals surface area contributed by atoms with Gasteiger partial charge in [-0.1, -0.05) is 74.5 Å². The maximum absolute atomic E-state index is 14.0. The van der Waals surface area contributed by atoms with Crippen molar-refractivity contribution in [1.82, 2.24) is 10.2 Å². The number of carbonyl (C=O) groups is 2. The van der Waals surface area contributed by atoms with Crippen LogP contribution in [0.1, 0.15) is 30.5 Å². The van der Waals surface area contributed by atoms with E-state index in [0.717, 1.165) is 33.3 Å². The van der Waals surface area contributed by atoms with Gasteiger partial charge in [0.2, 0.25) is 21.8 Å². The van der Waals surface area contributed by atoms with Gasteiger partial charge in [0.1, 0.15) is 18.4 Å². The largest absolute Gasteiger partial charge is 0.354 e. The number of aryl methyl sites for hydroxylation is 1. The van der Waals surface area contributed by atoms with Crippen molar-refractivity contribution < 1.29 is 22.4 Å². The Morgan fingerprint density at radius 2 is 1.62 bits per heavy atom. The van der Waals surface area contributed by atoms with E-state index in [4.69, 9.17) is 0 Å². The average molecular weight is 554 g/mol. The standard InChI is InChI=1S/C30H36FN3O4S/c1-22(2)19-32-30(36)28(17-24-12-6-5-7-13-24)33(20-25-14-9-8-11-23(25)3)29(35)21-34(39(4,37)38)27-16-10-15-26(31)18-27/h5-16,18,22,28H,17,19-21H2,1-4H3,(H,32,36)/t28-/m0/s1. The van der Waals surface area contributed by atoms with E-state index in [1.165, 1.54) is 23.1 Å². The monoisotopic (exact) mass is 553 g/mol. The van der Waals surface area contributed by atoms with Crippen LogP contribution in [0.5, 0.6) is 0 Å². The zero-order valence-corrected chi connectivity index (χ0v) is 23.6. The highest BCUT2D eigenvalue weighted by molar-refractivity contribution is 7.92. The maximum atomic E-state index is 14.0. The highest BCUT2D eigenvalue weighted by Crippen LogP contribution is 2.22. The average Bonchev–Trinajstić information content (AvgIpc) is 2.88. The number of carbonyl (C=O) groups excluding carboxylic acids is 2. The van der Waals surface area contributed by atoms with Crippen molar-refractivity contribution in [3.8, 4) is 0 Å². The Kier molecular flexibility index (Phi) is 10.2. The van der Waals surface area contributed by atoms with Gasteiger partial charge in [-0.05, 0) is 47.7 Å². The van der Waals surface area contributed by atoms with Gasteiger partial charge in [0.25, 0.3) is 0 Å². The van der Waals surface area contributed by atoms with Crippen molar-refractivity contribution in [2.24, 2.45) is 5.92 Å². The Morgan fingerprint density at radius 3 is 2.23 bits per heavy atom. The molecule has 0 heterocycles. The van der Waals surface area contributed by atoms with Gasteiger partial charge in [-0.3, -0.25) is 13.9 Å². The molecule has 0 spiro atoms. The van der Waals surface area contributed by atoms with Gasteiger partial charge in [0.05, 0.1) is 11.9 Å². The summed E-state index contributed by atoms with van der Waals surface area (Å²) in [7, 11) is -3.95. The van der Waals surface area contributed by atoms with Gasteiger partial charge in [-0.15, -0.1) is 0 Å². The molecular formula is C30H36FN3O4S. The number of amides is 2. The van der Waals surface area contributed by atoms with Crippen molar-refractivity contribution in [2.75, 3.05) is 23.7 Å². The Hall–Kier alpha value is -3.72. The van der Waals surface area contributed by atoms with Gasteiger partial charge in [-0.2, -0.15) is 0 Å². The van der Waals surface area contributed by atoms with Crippen LogP contribution in [0.4, 0.5) is 10.1 Å². The van der Waals surface area contributed by atoms with Crippen molar-refractivity contribution in [3.63, 3.8) is 0 Å². The zero-order chi connectivity index (χ0) is 28.6. The predicted molar refractivity (Wildman–Crippen MR) is 152 cm³/mol. The summed E-state index contributed by atoms with van der Waals surface area (Å²) >= 11 is 0. The summed E-state index contributed by atoms with van der Waals surface area (Å²) in [5.74, 6) is -1.33. The molecule has 0 unspecified atom stereocenters. The van der Waals surface area contributed by atoms with Crippen LogP contribution in [0.3, 0.4) is 0 Å². The third-order valence-corrected chi connectivity index (χ3v) is 7.47. The smallest absolute Gasteiger partial charge is 0.244 e. The fraction of sp³-hybridized carbons (Fsp3) is 0.333. The molecule has 0 fully saturated rings. The van der Waals surface area contributed by atoms with Gasteiger partial charge in [0.15, 0.2) is 0 Å². The fourth-order valence-corrected chi connectivity index (χ4v) is 5.03. The normalized spacial score (nSPS) is 12.2. The molecule has 39 heavy (non-hydrogen) atoms. The molecule has 0 saturated heterocycles. The number of hydrogen-bond acceptors (Lipinski definition) is 4. The van der Waals surface area contributed by atoms with Crippen LogP contribution in [0.25, 0.3) is 0 Å². The molecule has 0 radical (unpaired) electrons. The molecule has 1 atom stereocenters. The van der Waals surface area contributed by atoms with Crippen LogP contribution in [0.2, 0.25) is 0 Å². The number of nitrogens with zero attached hydrogens (tertiary/aromatic N) is 2. The van der Waals surface area contributed by atoms with E-state index in [-0.39, 0.29) is 30.5 Å². The molecule has 3 aromatic rings. The van der Waals surface area contributed by atoms with Gasteiger partial charge in [-0.25, -0.2) is 12.8 Å². The van der Waals surface area contributed by atoms with E-state index in [1.54, 1.807) is 0 Å². The molecule has 3 rings (SSSR count). The third-order valence-electron chi connectivity index (χ3n) is 6.33. The molecule has 3 aromatic carbocycles. The van der Waals surface area contributed by atoms with E-state index in [0.29, 0.717) is 6.54 Å². The maximum Gasteiger partial charge on any atom is 0.244 e. The van der Waals surface area contributed by atoms with Crippen molar-refractivity contribution in [2.45, 2.75) is 39.8 Å². The molecule has 0 bridgehead atoms. The number of hydrogen-bond donors (Lipinski definition) is 1. The summed E-state index contributed by atoms with van der Waals surface area (Å²) in [5.41, 5.74) is 2.65. The second-order valence-corrected chi connectivity index (χ2v) is 11.9. The molecule has 0 aliphatic heterocycles. The lowest BCUT2D eigenvalue weighted by molar-refractivity contribution is -0.140. The molecule has 0 saturated carbocycles. The summed E-state index contributed by atoms with van der Waals surface area (Å²) in [6.07, 6.45) is 1.20. The topological polar surface area (TPSA) is 86.8 Å². The summed E-state index contributed by atoms with van der Waals surface area (Å²) in [6, 6.07) is 21.1. The number of rotatable bonds is 12. The number of sulfonamides is 1. The predicted octanol–water partition coefficient (Wildman–Crippen LogP) is 4.31. The lowest BCUT2D eigenvalue weighted by Crippen LogP contribution is -2.53. The van der Waals surface area contributed by atoms with Crippen LogP contribution in [0, 0.1) is 18.7 Å². The molecule has 0 aliphatic carbocycles. The van der Waals surface area contributed by atoms with Crippen LogP contribution in [-0.4, -0.2) is 50.5 Å². The number of benzene rings is 3. The van der Waals surface area contributed by atoms with Crippen LogP contribution < -0.4 is 9.62 Å². The lowest BCUT2D eigenvalue weighted by atomic mass is 10.0. The Bertz CT molecular complexity index is 1380. The first-order chi connectivity index (χ1) is 18.5. The van der Waals surface area contributed by atoms with Crippen molar-refractivity contribution in [3.05, 3.63) is 101 Å². The van der Waals surface area contributed by atoms with Crippen LogP contribution in [-0.2, 0) is 32.6 Å². The van der Waals surface area contributed by atoms with Gasteiger partial charge >= 0.3 is 0 Å². The number of halogens is 1. The molecular weight excluding hydrogens is 517 g/mol. The first-order valence-corrected chi connectivity index (χ1v) is 14.7. The van der Waals surface area contributed by atoms with Crippen LogP contribution in [0.15, 0.2) is 78.9 Å². The molecule has 2 amide bonds. The second kappa shape index (κ2) is 13.4. The zero-order valence-electron chi connectivity index (χ0n) is 22.8. The van der Waals surface area contributed by atoms with Crippen LogP contribution >= 0.6 is 0 Å². The molecule has 0 aromatic heterocycles. The summed E-state index contributed by atoms with van der Waals surface area (Å²) in [6.45, 7) is 5.81. The Morgan fingerprint density at radius 1 is 0.949 bits per heavy atom. The quantitative estimate of drug-likeness (QED) is 0.362.